The molecule has 9 nitrogen and oxygen atoms in total. The van der Waals surface area contributed by atoms with E-state index >= 15 is 0 Å². The molecule has 10 heteroatoms. The van der Waals surface area contributed by atoms with Crippen LogP contribution < -0.4 is 20.1 Å². The van der Waals surface area contributed by atoms with Crippen molar-refractivity contribution < 1.29 is 27.5 Å². The molecule has 1 atom stereocenters. The summed E-state index contributed by atoms with van der Waals surface area (Å²) in [5.41, 5.74) is -0.443. The van der Waals surface area contributed by atoms with Crippen molar-refractivity contribution in [2.75, 3.05) is 13.7 Å². The van der Waals surface area contributed by atoms with Crippen LogP contribution in [0.15, 0.2) is 23.1 Å². The molecule has 0 heterocycles. The topological polar surface area (TPSA) is 123 Å². The van der Waals surface area contributed by atoms with Crippen molar-refractivity contribution in [3.63, 3.8) is 0 Å². The maximum atomic E-state index is 12.6. The average Bonchev–Trinajstić information content (AvgIpc) is 3.41. The van der Waals surface area contributed by atoms with Gasteiger partial charge in [-0.2, -0.15) is 0 Å². The molecular formula is C19H29N3O6S. The highest BCUT2D eigenvalue weighted by atomic mass is 32.2. The van der Waals surface area contributed by atoms with Crippen LogP contribution in [0.3, 0.4) is 0 Å². The van der Waals surface area contributed by atoms with Gasteiger partial charge < -0.3 is 20.1 Å². The van der Waals surface area contributed by atoms with E-state index in [2.05, 4.69) is 15.4 Å². The summed E-state index contributed by atoms with van der Waals surface area (Å²) in [5, 5.41) is 5.29. The molecule has 0 spiro atoms. The minimum absolute atomic E-state index is 0.0684. The third-order valence-electron chi connectivity index (χ3n) is 3.94. The Labute approximate surface area is 171 Å². The number of nitrogens with one attached hydrogen (secondary N) is 3. The molecule has 2 rings (SSSR count). The Morgan fingerprint density at radius 3 is 2.45 bits per heavy atom. The number of ether oxygens (including phenoxy) is 2. The third-order valence-corrected chi connectivity index (χ3v) is 5.49. The number of rotatable bonds is 8. The monoisotopic (exact) mass is 427 g/mol. The van der Waals surface area contributed by atoms with Crippen molar-refractivity contribution >= 4 is 22.0 Å². The lowest BCUT2D eigenvalue weighted by atomic mass is 10.2. The van der Waals surface area contributed by atoms with Gasteiger partial charge in [0, 0.05) is 24.2 Å². The number of methoxy groups -OCH3 is 1. The van der Waals surface area contributed by atoms with Crippen molar-refractivity contribution in [3.8, 4) is 5.75 Å². The Balaban J connectivity index is 2.03. The van der Waals surface area contributed by atoms with Crippen LogP contribution in [0.1, 0.15) is 50.9 Å². The lowest BCUT2D eigenvalue weighted by molar-refractivity contribution is 0.0521. The van der Waals surface area contributed by atoms with Crippen LogP contribution in [-0.4, -0.2) is 51.8 Å². The summed E-state index contributed by atoms with van der Waals surface area (Å²) >= 11 is 0. The largest absolute Gasteiger partial charge is 0.495 e. The number of hydrogen-bond acceptors (Lipinski definition) is 6. The molecule has 0 radical (unpaired) electrons. The quantitative estimate of drug-likeness (QED) is 0.581. The van der Waals surface area contributed by atoms with Gasteiger partial charge in [0.2, 0.25) is 10.0 Å². The number of alkyl carbamates (subject to hydrolysis) is 1. The molecule has 1 fully saturated rings. The highest BCUT2D eigenvalue weighted by molar-refractivity contribution is 7.89. The molecule has 0 bridgehead atoms. The minimum Gasteiger partial charge on any atom is -0.495 e. The Bertz CT molecular complexity index is 859. The number of carbonyl (C=O) groups is 2. The van der Waals surface area contributed by atoms with E-state index in [1.54, 1.807) is 27.7 Å². The fourth-order valence-electron chi connectivity index (χ4n) is 2.42. The van der Waals surface area contributed by atoms with Crippen LogP contribution in [0, 0.1) is 0 Å². The molecule has 1 aromatic carbocycles. The highest BCUT2D eigenvalue weighted by Gasteiger charge is 2.30. The number of carbonyl (C=O) groups excluding carboxylic acids is 2. The first-order valence-electron chi connectivity index (χ1n) is 9.39. The van der Waals surface area contributed by atoms with E-state index < -0.39 is 33.7 Å². The molecule has 0 saturated heterocycles. The summed E-state index contributed by atoms with van der Waals surface area (Å²) in [6, 6.07) is 3.74. The van der Waals surface area contributed by atoms with E-state index in [0.717, 1.165) is 12.8 Å². The van der Waals surface area contributed by atoms with Gasteiger partial charge in [0.05, 0.1) is 7.11 Å². The summed E-state index contributed by atoms with van der Waals surface area (Å²) in [4.78, 5) is 24.2. The SMILES string of the molecule is COc1ccc(C(=O)N[C@H](C)CNC(=O)OC(C)(C)C)cc1S(=O)(=O)NC1CC1. The van der Waals surface area contributed by atoms with Crippen LogP contribution >= 0.6 is 0 Å². The second-order valence-electron chi connectivity index (χ2n) is 8.02. The summed E-state index contributed by atoms with van der Waals surface area (Å²) < 4.78 is 38.0. The fourth-order valence-corrected chi connectivity index (χ4v) is 3.92. The molecule has 3 N–H and O–H groups in total. The van der Waals surface area contributed by atoms with Gasteiger partial charge in [-0.05, 0) is 58.7 Å². The van der Waals surface area contributed by atoms with Crippen LogP contribution in [0.2, 0.25) is 0 Å². The zero-order valence-electron chi connectivity index (χ0n) is 17.4. The maximum absolute atomic E-state index is 12.6. The van der Waals surface area contributed by atoms with E-state index in [0.29, 0.717) is 0 Å². The van der Waals surface area contributed by atoms with Crippen LogP contribution in [0.4, 0.5) is 4.79 Å². The molecule has 0 aromatic heterocycles. The second kappa shape index (κ2) is 9.00. The zero-order valence-corrected chi connectivity index (χ0v) is 18.2. The molecule has 2 amide bonds. The minimum atomic E-state index is -3.79. The van der Waals surface area contributed by atoms with E-state index in [1.807, 2.05) is 0 Å². The lowest BCUT2D eigenvalue weighted by Gasteiger charge is -2.21. The van der Waals surface area contributed by atoms with Crippen molar-refractivity contribution in [2.45, 2.75) is 63.1 Å². The van der Waals surface area contributed by atoms with Gasteiger partial charge in [-0.3, -0.25) is 4.79 Å². The summed E-state index contributed by atoms with van der Waals surface area (Å²) in [6.45, 7) is 7.14. The first kappa shape index (κ1) is 23.0. The van der Waals surface area contributed by atoms with Crippen LogP contribution in [0.25, 0.3) is 0 Å². The van der Waals surface area contributed by atoms with Crippen LogP contribution in [0.5, 0.6) is 5.75 Å². The Kier molecular flexibility index (Phi) is 7.12. The van der Waals surface area contributed by atoms with Crippen molar-refractivity contribution in [2.24, 2.45) is 0 Å². The first-order chi connectivity index (χ1) is 13.4. The summed E-state index contributed by atoms with van der Waals surface area (Å²) in [5.74, 6) is -0.302. The maximum Gasteiger partial charge on any atom is 0.407 e. The molecule has 1 aliphatic carbocycles. The van der Waals surface area contributed by atoms with E-state index in [9.17, 15) is 18.0 Å². The normalized spacial score (nSPS) is 15.3. The molecule has 1 saturated carbocycles. The highest BCUT2D eigenvalue weighted by Crippen LogP contribution is 2.28. The van der Waals surface area contributed by atoms with E-state index in [-0.39, 0.29) is 28.8 Å². The van der Waals surface area contributed by atoms with Gasteiger partial charge >= 0.3 is 6.09 Å². The van der Waals surface area contributed by atoms with Gasteiger partial charge in [-0.25, -0.2) is 17.9 Å². The van der Waals surface area contributed by atoms with Gasteiger partial charge in [-0.15, -0.1) is 0 Å². The van der Waals surface area contributed by atoms with Gasteiger partial charge in [-0.1, -0.05) is 0 Å². The van der Waals surface area contributed by atoms with Crippen LogP contribution in [-0.2, 0) is 14.8 Å². The van der Waals surface area contributed by atoms with E-state index in [4.69, 9.17) is 9.47 Å². The number of amides is 2. The van der Waals surface area contributed by atoms with Gasteiger partial charge in [0.1, 0.15) is 16.2 Å². The van der Waals surface area contributed by atoms with Gasteiger partial charge in [0.25, 0.3) is 5.91 Å². The average molecular weight is 428 g/mol. The molecule has 0 aliphatic heterocycles. The van der Waals surface area contributed by atoms with Crippen molar-refractivity contribution in [3.05, 3.63) is 23.8 Å². The zero-order chi connectivity index (χ0) is 21.8. The lowest BCUT2D eigenvalue weighted by Crippen LogP contribution is -2.43. The van der Waals surface area contributed by atoms with Gasteiger partial charge in [0.15, 0.2) is 0 Å². The summed E-state index contributed by atoms with van der Waals surface area (Å²) in [6.07, 6.45) is 1.01. The molecule has 0 unspecified atom stereocenters. The smallest absolute Gasteiger partial charge is 0.407 e. The molecule has 1 aliphatic rings. The number of benzene rings is 1. The summed E-state index contributed by atoms with van der Waals surface area (Å²) in [7, 11) is -2.42. The predicted octanol–water partition coefficient (Wildman–Crippen LogP) is 1.78. The van der Waals surface area contributed by atoms with Crippen molar-refractivity contribution in [1.82, 2.24) is 15.4 Å². The molecule has 1 aromatic rings. The fraction of sp³-hybridized carbons (Fsp3) is 0.579. The third kappa shape index (κ3) is 7.21. The number of sulfonamides is 1. The molecule has 29 heavy (non-hydrogen) atoms. The Morgan fingerprint density at radius 2 is 1.90 bits per heavy atom. The molecule has 162 valence electrons. The Hall–Kier alpha value is -2.33. The first-order valence-corrected chi connectivity index (χ1v) is 10.9. The Morgan fingerprint density at radius 1 is 1.24 bits per heavy atom. The second-order valence-corrected chi connectivity index (χ2v) is 9.70. The van der Waals surface area contributed by atoms with Crippen molar-refractivity contribution in [1.29, 1.82) is 0 Å². The molecular weight excluding hydrogens is 398 g/mol. The predicted molar refractivity (Wildman–Crippen MR) is 108 cm³/mol. The standard InChI is InChI=1S/C19H29N3O6S/c1-12(11-20-18(24)28-19(2,3)4)21-17(23)13-6-9-15(27-5)16(10-13)29(25,26)22-14-7-8-14/h6,9-10,12,14,22H,7-8,11H2,1-5H3,(H,20,24)(H,21,23)/t12-/m1/s1. The van der Waals surface area contributed by atoms with E-state index in [1.165, 1.54) is 25.3 Å². The number of hydrogen-bond donors (Lipinski definition) is 3.